The fourth-order valence-electron chi connectivity index (χ4n) is 1.92. The normalized spacial score (nSPS) is 11.1. The molecule has 0 saturated carbocycles. The molecular weight excluding hydrogens is 309 g/mol. The summed E-state index contributed by atoms with van der Waals surface area (Å²) in [6, 6.07) is 6.44. The molecule has 2 aromatic rings. The summed E-state index contributed by atoms with van der Waals surface area (Å²) in [6.45, 7) is 1.94. The first-order valence-electron chi connectivity index (χ1n) is 6.87. The summed E-state index contributed by atoms with van der Waals surface area (Å²) in [5.41, 5.74) is 0.152. The van der Waals surface area contributed by atoms with E-state index < -0.39 is 11.7 Å². The molecule has 0 radical (unpaired) electrons. The van der Waals surface area contributed by atoms with E-state index in [2.05, 4.69) is 10.3 Å². The summed E-state index contributed by atoms with van der Waals surface area (Å²) in [7, 11) is 0. The number of halogens is 3. The average Bonchev–Trinajstić information content (AvgIpc) is 2.52. The summed E-state index contributed by atoms with van der Waals surface area (Å²) >= 11 is 0. The van der Waals surface area contributed by atoms with Crippen LogP contribution in [0.15, 0.2) is 42.7 Å². The minimum Gasteiger partial charge on any atom is -0.491 e. The predicted octanol–water partition coefficient (Wildman–Crippen LogP) is 3.22. The molecule has 0 aliphatic rings. The van der Waals surface area contributed by atoms with Crippen molar-refractivity contribution >= 4 is 5.91 Å². The van der Waals surface area contributed by atoms with E-state index in [1.54, 1.807) is 19.1 Å². The Hall–Kier alpha value is -2.57. The van der Waals surface area contributed by atoms with Crippen LogP contribution in [-0.2, 0) is 6.18 Å². The smallest absolute Gasteiger partial charge is 0.416 e. The van der Waals surface area contributed by atoms with Gasteiger partial charge in [0.05, 0.1) is 12.1 Å². The topological polar surface area (TPSA) is 51.2 Å². The molecule has 2 rings (SSSR count). The van der Waals surface area contributed by atoms with Crippen LogP contribution in [0.2, 0.25) is 0 Å². The molecule has 1 aromatic heterocycles. The van der Waals surface area contributed by atoms with Crippen LogP contribution in [0.4, 0.5) is 13.2 Å². The Bertz CT molecular complexity index is 673. The molecule has 1 amide bonds. The van der Waals surface area contributed by atoms with Crippen molar-refractivity contribution in [1.29, 1.82) is 0 Å². The Morgan fingerprint density at radius 3 is 2.52 bits per heavy atom. The van der Waals surface area contributed by atoms with Crippen molar-refractivity contribution in [2.75, 3.05) is 13.2 Å². The van der Waals surface area contributed by atoms with Crippen LogP contribution in [-0.4, -0.2) is 24.0 Å². The van der Waals surface area contributed by atoms with Crippen molar-refractivity contribution in [1.82, 2.24) is 10.3 Å². The van der Waals surface area contributed by atoms with Gasteiger partial charge in [0, 0.05) is 18.0 Å². The first-order valence-corrected chi connectivity index (χ1v) is 6.87. The second-order valence-corrected chi connectivity index (χ2v) is 4.82. The zero-order chi connectivity index (χ0) is 16.9. The van der Waals surface area contributed by atoms with Gasteiger partial charge in [0.25, 0.3) is 5.91 Å². The molecule has 0 spiro atoms. The number of carbonyl (C=O) groups excluding carboxylic acids is 1. The highest BCUT2D eigenvalue weighted by Gasteiger charge is 2.30. The van der Waals surface area contributed by atoms with Crippen molar-refractivity contribution in [3.05, 3.63) is 59.4 Å². The molecule has 23 heavy (non-hydrogen) atoms. The van der Waals surface area contributed by atoms with Crippen LogP contribution < -0.4 is 10.1 Å². The van der Waals surface area contributed by atoms with Gasteiger partial charge in [-0.2, -0.15) is 13.2 Å². The van der Waals surface area contributed by atoms with E-state index in [1.807, 2.05) is 0 Å². The molecule has 0 aliphatic heterocycles. The number of aryl methyl sites for hydroxylation is 1. The minimum atomic E-state index is -4.37. The number of benzene rings is 1. The second-order valence-electron chi connectivity index (χ2n) is 4.82. The number of alkyl halides is 3. The molecule has 1 aromatic carbocycles. The van der Waals surface area contributed by atoms with Crippen LogP contribution in [0, 0.1) is 6.92 Å². The van der Waals surface area contributed by atoms with Crippen LogP contribution in [0.5, 0.6) is 5.75 Å². The minimum absolute atomic E-state index is 0.156. The number of hydrogen-bond donors (Lipinski definition) is 1. The van der Waals surface area contributed by atoms with Gasteiger partial charge in [0.2, 0.25) is 0 Å². The molecule has 0 aliphatic carbocycles. The molecule has 0 unspecified atom stereocenters. The Morgan fingerprint density at radius 1 is 1.22 bits per heavy atom. The van der Waals surface area contributed by atoms with Gasteiger partial charge < -0.3 is 10.1 Å². The largest absolute Gasteiger partial charge is 0.491 e. The zero-order valence-electron chi connectivity index (χ0n) is 12.4. The number of amides is 1. The number of carbonyl (C=O) groups is 1. The standard InChI is InChI=1S/C16H15F3N2O2/c1-11-10-13(16(17,18)19)2-3-14(11)23-9-8-21-15(22)12-4-6-20-7-5-12/h2-7,10H,8-9H2,1H3,(H,21,22). The van der Waals surface area contributed by atoms with Crippen molar-refractivity contribution in [3.8, 4) is 5.75 Å². The Balaban J connectivity index is 1.84. The lowest BCUT2D eigenvalue weighted by atomic mass is 10.1. The maximum Gasteiger partial charge on any atom is 0.416 e. The number of aromatic nitrogens is 1. The molecule has 7 heteroatoms. The van der Waals surface area contributed by atoms with Gasteiger partial charge in [-0.1, -0.05) is 0 Å². The highest BCUT2D eigenvalue weighted by molar-refractivity contribution is 5.93. The number of pyridine rings is 1. The fourth-order valence-corrected chi connectivity index (χ4v) is 1.92. The summed E-state index contributed by atoms with van der Waals surface area (Å²) in [6.07, 6.45) is -1.35. The van der Waals surface area contributed by atoms with Crippen molar-refractivity contribution in [2.24, 2.45) is 0 Å². The lowest BCUT2D eigenvalue weighted by Gasteiger charge is -2.12. The number of hydrogen-bond acceptors (Lipinski definition) is 3. The molecule has 1 N–H and O–H groups in total. The maximum atomic E-state index is 12.6. The molecule has 4 nitrogen and oxygen atoms in total. The molecular formula is C16H15F3N2O2. The monoisotopic (exact) mass is 324 g/mol. The third kappa shape index (κ3) is 4.70. The maximum absolute atomic E-state index is 12.6. The third-order valence-electron chi connectivity index (χ3n) is 3.09. The first-order chi connectivity index (χ1) is 10.9. The van der Waals surface area contributed by atoms with Crippen LogP contribution >= 0.6 is 0 Å². The van der Waals surface area contributed by atoms with E-state index in [9.17, 15) is 18.0 Å². The van der Waals surface area contributed by atoms with Crippen LogP contribution in [0.1, 0.15) is 21.5 Å². The highest BCUT2D eigenvalue weighted by atomic mass is 19.4. The first kappa shape index (κ1) is 16.8. The van der Waals surface area contributed by atoms with Gasteiger partial charge in [0.1, 0.15) is 12.4 Å². The highest BCUT2D eigenvalue weighted by Crippen LogP contribution is 2.32. The van der Waals surface area contributed by atoms with Gasteiger partial charge in [-0.15, -0.1) is 0 Å². The van der Waals surface area contributed by atoms with Crippen molar-refractivity contribution in [2.45, 2.75) is 13.1 Å². The predicted molar refractivity (Wildman–Crippen MR) is 78.2 cm³/mol. The van der Waals surface area contributed by atoms with E-state index in [1.165, 1.54) is 18.5 Å². The van der Waals surface area contributed by atoms with Gasteiger partial charge in [0.15, 0.2) is 0 Å². The fraction of sp³-hybridized carbons (Fsp3) is 0.250. The lowest BCUT2D eigenvalue weighted by Crippen LogP contribution is -2.28. The molecule has 0 atom stereocenters. The summed E-state index contributed by atoms with van der Waals surface area (Å²) < 4.78 is 43.1. The van der Waals surface area contributed by atoms with Gasteiger partial charge in [-0.3, -0.25) is 9.78 Å². The molecule has 1 heterocycles. The summed E-state index contributed by atoms with van der Waals surface area (Å²) in [4.78, 5) is 15.6. The second kappa shape index (κ2) is 7.13. The van der Waals surface area contributed by atoms with E-state index >= 15 is 0 Å². The Kier molecular flexibility index (Phi) is 5.20. The summed E-state index contributed by atoms with van der Waals surface area (Å²) in [5.74, 6) is 0.0938. The number of nitrogens with one attached hydrogen (secondary N) is 1. The number of rotatable bonds is 5. The Labute approximate surface area is 131 Å². The SMILES string of the molecule is Cc1cc(C(F)(F)F)ccc1OCCNC(=O)c1ccncc1. The molecule has 0 bridgehead atoms. The van der Waals surface area contributed by atoms with Crippen molar-refractivity contribution in [3.63, 3.8) is 0 Å². The van der Waals surface area contributed by atoms with Crippen LogP contribution in [0.3, 0.4) is 0 Å². The molecule has 0 fully saturated rings. The quantitative estimate of drug-likeness (QED) is 0.859. The van der Waals surface area contributed by atoms with E-state index in [0.717, 1.165) is 12.1 Å². The third-order valence-corrected chi connectivity index (χ3v) is 3.09. The number of ether oxygens (including phenoxy) is 1. The number of nitrogens with zero attached hydrogens (tertiary/aromatic N) is 1. The summed E-state index contributed by atoms with van der Waals surface area (Å²) in [5, 5.41) is 2.65. The zero-order valence-corrected chi connectivity index (χ0v) is 12.4. The lowest BCUT2D eigenvalue weighted by molar-refractivity contribution is -0.137. The Morgan fingerprint density at radius 2 is 1.91 bits per heavy atom. The molecule has 122 valence electrons. The van der Waals surface area contributed by atoms with Crippen molar-refractivity contribution < 1.29 is 22.7 Å². The van der Waals surface area contributed by atoms with Gasteiger partial charge >= 0.3 is 6.18 Å². The van der Waals surface area contributed by atoms with Crippen LogP contribution in [0.25, 0.3) is 0 Å². The van der Waals surface area contributed by atoms with E-state index in [0.29, 0.717) is 16.9 Å². The average molecular weight is 324 g/mol. The van der Waals surface area contributed by atoms with Gasteiger partial charge in [-0.05, 0) is 42.8 Å². The molecule has 0 saturated heterocycles. The van der Waals surface area contributed by atoms with E-state index in [-0.39, 0.29) is 19.1 Å². The van der Waals surface area contributed by atoms with Gasteiger partial charge in [-0.25, -0.2) is 0 Å². The van der Waals surface area contributed by atoms with E-state index in [4.69, 9.17) is 4.74 Å².